The van der Waals surface area contributed by atoms with Crippen LogP contribution in [0.25, 0.3) is 0 Å². The van der Waals surface area contributed by atoms with E-state index in [1.807, 2.05) is 0 Å². The number of carbonyl (C=O) groups is 1. The molecule has 0 saturated carbocycles. The van der Waals surface area contributed by atoms with E-state index in [1.165, 1.54) is 7.11 Å². The molecule has 5 heteroatoms. The number of benzene rings is 1. The van der Waals surface area contributed by atoms with Gasteiger partial charge in [0.05, 0.1) is 13.2 Å². The molecule has 0 aliphatic carbocycles. The SMILES string of the molecule is COc1cccc(OC(=O)NCC#N)c1. The molecule has 0 radical (unpaired) electrons. The fourth-order valence-corrected chi connectivity index (χ4v) is 0.919. The van der Waals surface area contributed by atoms with E-state index in [-0.39, 0.29) is 6.54 Å². The Labute approximate surface area is 87.2 Å². The lowest BCUT2D eigenvalue weighted by molar-refractivity contribution is 0.201. The number of nitrogens with one attached hydrogen (secondary N) is 1. The molecular weight excluding hydrogens is 196 g/mol. The molecule has 0 unspecified atom stereocenters. The van der Waals surface area contributed by atoms with E-state index in [1.54, 1.807) is 30.3 Å². The summed E-state index contributed by atoms with van der Waals surface area (Å²) in [6, 6.07) is 8.40. The highest BCUT2D eigenvalue weighted by Gasteiger charge is 2.03. The maximum absolute atomic E-state index is 11.0. The topological polar surface area (TPSA) is 71.3 Å². The second-order valence-electron chi connectivity index (χ2n) is 2.58. The highest BCUT2D eigenvalue weighted by Crippen LogP contribution is 2.18. The first-order chi connectivity index (χ1) is 7.26. The molecular formula is C10H10N2O3. The molecule has 1 rings (SSSR count). The molecule has 0 fully saturated rings. The number of nitriles is 1. The molecule has 1 N–H and O–H groups in total. The Bertz CT molecular complexity index is 384. The van der Waals surface area contributed by atoms with Crippen LogP contribution < -0.4 is 14.8 Å². The molecule has 0 aromatic heterocycles. The van der Waals surface area contributed by atoms with Gasteiger partial charge >= 0.3 is 6.09 Å². The molecule has 0 saturated heterocycles. The predicted octanol–water partition coefficient (Wildman–Crippen LogP) is 1.31. The number of hydrogen-bond acceptors (Lipinski definition) is 4. The van der Waals surface area contributed by atoms with E-state index < -0.39 is 6.09 Å². The predicted molar refractivity (Wildman–Crippen MR) is 52.6 cm³/mol. The zero-order chi connectivity index (χ0) is 11.1. The van der Waals surface area contributed by atoms with Crippen molar-refractivity contribution in [2.75, 3.05) is 13.7 Å². The summed E-state index contributed by atoms with van der Waals surface area (Å²) in [4.78, 5) is 11.0. The summed E-state index contributed by atoms with van der Waals surface area (Å²) in [6.07, 6.45) is -0.662. The lowest BCUT2D eigenvalue weighted by atomic mass is 10.3. The van der Waals surface area contributed by atoms with Gasteiger partial charge in [0.1, 0.15) is 18.0 Å². The summed E-state index contributed by atoms with van der Waals surface area (Å²) in [5.41, 5.74) is 0. The number of rotatable bonds is 3. The second-order valence-corrected chi connectivity index (χ2v) is 2.58. The van der Waals surface area contributed by atoms with Crippen LogP contribution in [-0.4, -0.2) is 19.7 Å². The number of amides is 1. The number of hydrogen-bond donors (Lipinski definition) is 1. The monoisotopic (exact) mass is 206 g/mol. The van der Waals surface area contributed by atoms with Crippen LogP contribution >= 0.6 is 0 Å². The van der Waals surface area contributed by atoms with Gasteiger partial charge in [-0.25, -0.2) is 4.79 Å². The fourth-order valence-electron chi connectivity index (χ4n) is 0.919. The van der Waals surface area contributed by atoms with Gasteiger partial charge in [-0.2, -0.15) is 5.26 Å². The summed E-state index contributed by atoms with van der Waals surface area (Å²) < 4.78 is 9.83. The van der Waals surface area contributed by atoms with Crippen molar-refractivity contribution in [3.05, 3.63) is 24.3 Å². The summed E-state index contributed by atoms with van der Waals surface area (Å²) >= 11 is 0. The third kappa shape index (κ3) is 3.56. The van der Waals surface area contributed by atoms with Gasteiger partial charge in [0.25, 0.3) is 0 Å². The number of ether oxygens (including phenoxy) is 2. The minimum Gasteiger partial charge on any atom is -0.497 e. The van der Waals surface area contributed by atoms with Crippen molar-refractivity contribution >= 4 is 6.09 Å². The first kappa shape index (κ1) is 10.9. The third-order valence-corrected chi connectivity index (χ3v) is 1.56. The van der Waals surface area contributed by atoms with Crippen LogP contribution in [0.15, 0.2) is 24.3 Å². The second kappa shape index (κ2) is 5.50. The molecule has 0 bridgehead atoms. The van der Waals surface area contributed by atoms with Gasteiger partial charge in [-0.1, -0.05) is 6.07 Å². The first-order valence-corrected chi connectivity index (χ1v) is 4.23. The van der Waals surface area contributed by atoms with Crippen LogP contribution in [0.2, 0.25) is 0 Å². The van der Waals surface area contributed by atoms with E-state index in [2.05, 4.69) is 5.32 Å². The van der Waals surface area contributed by atoms with Crippen LogP contribution in [0, 0.1) is 11.3 Å². The molecule has 1 aromatic carbocycles. The first-order valence-electron chi connectivity index (χ1n) is 4.23. The smallest absolute Gasteiger partial charge is 0.413 e. The van der Waals surface area contributed by atoms with Crippen LogP contribution in [0.1, 0.15) is 0 Å². The Balaban J connectivity index is 2.57. The van der Waals surface area contributed by atoms with Crippen LogP contribution in [0.5, 0.6) is 11.5 Å². The summed E-state index contributed by atoms with van der Waals surface area (Å²) in [6.45, 7) is -0.0806. The maximum atomic E-state index is 11.0. The van der Waals surface area contributed by atoms with E-state index >= 15 is 0 Å². The summed E-state index contributed by atoms with van der Waals surface area (Å²) in [5.74, 6) is 0.963. The van der Waals surface area contributed by atoms with Gasteiger partial charge in [0.15, 0.2) is 0 Å². The minimum absolute atomic E-state index is 0.0806. The van der Waals surface area contributed by atoms with Crippen molar-refractivity contribution in [2.45, 2.75) is 0 Å². The number of carbonyl (C=O) groups excluding carboxylic acids is 1. The van der Waals surface area contributed by atoms with E-state index in [4.69, 9.17) is 14.7 Å². The van der Waals surface area contributed by atoms with Crippen molar-refractivity contribution in [2.24, 2.45) is 0 Å². The van der Waals surface area contributed by atoms with Crippen molar-refractivity contribution in [3.63, 3.8) is 0 Å². The van der Waals surface area contributed by atoms with Gasteiger partial charge in [0, 0.05) is 6.07 Å². The quantitative estimate of drug-likeness (QED) is 0.757. The van der Waals surface area contributed by atoms with E-state index in [9.17, 15) is 4.79 Å². The Kier molecular flexibility index (Phi) is 3.98. The maximum Gasteiger partial charge on any atom is 0.413 e. The number of methoxy groups -OCH3 is 1. The normalized spacial score (nSPS) is 8.80. The molecule has 0 aliphatic rings. The van der Waals surface area contributed by atoms with Crippen molar-refractivity contribution in [3.8, 4) is 17.6 Å². The summed E-state index contributed by atoms with van der Waals surface area (Å²) in [5, 5.41) is 10.5. The Morgan fingerprint density at radius 1 is 1.53 bits per heavy atom. The van der Waals surface area contributed by atoms with Crippen LogP contribution in [0.3, 0.4) is 0 Å². The largest absolute Gasteiger partial charge is 0.497 e. The Hall–Kier alpha value is -2.22. The molecule has 1 amide bonds. The minimum atomic E-state index is -0.662. The molecule has 78 valence electrons. The number of nitrogens with zero attached hydrogens (tertiary/aromatic N) is 1. The lowest BCUT2D eigenvalue weighted by Crippen LogP contribution is -2.26. The molecule has 0 heterocycles. The van der Waals surface area contributed by atoms with Gasteiger partial charge in [-0.05, 0) is 12.1 Å². The van der Waals surface area contributed by atoms with Gasteiger partial charge in [-0.15, -0.1) is 0 Å². The molecule has 5 nitrogen and oxygen atoms in total. The fraction of sp³-hybridized carbons (Fsp3) is 0.200. The van der Waals surface area contributed by atoms with E-state index in [0.29, 0.717) is 11.5 Å². The van der Waals surface area contributed by atoms with Gasteiger partial charge in [-0.3, -0.25) is 0 Å². The Morgan fingerprint density at radius 2 is 2.27 bits per heavy atom. The molecule has 15 heavy (non-hydrogen) atoms. The van der Waals surface area contributed by atoms with Gasteiger partial charge in [0.2, 0.25) is 0 Å². The third-order valence-electron chi connectivity index (χ3n) is 1.56. The zero-order valence-corrected chi connectivity index (χ0v) is 8.19. The average molecular weight is 206 g/mol. The molecule has 1 aromatic rings. The average Bonchev–Trinajstić information content (AvgIpc) is 2.26. The van der Waals surface area contributed by atoms with Crippen molar-refractivity contribution in [1.29, 1.82) is 5.26 Å². The lowest BCUT2D eigenvalue weighted by Gasteiger charge is -2.05. The van der Waals surface area contributed by atoms with Crippen molar-refractivity contribution in [1.82, 2.24) is 5.32 Å². The molecule has 0 aliphatic heterocycles. The highest BCUT2D eigenvalue weighted by molar-refractivity contribution is 5.70. The van der Waals surface area contributed by atoms with Gasteiger partial charge < -0.3 is 14.8 Å². The van der Waals surface area contributed by atoms with Crippen LogP contribution in [-0.2, 0) is 0 Å². The van der Waals surface area contributed by atoms with Crippen molar-refractivity contribution < 1.29 is 14.3 Å². The van der Waals surface area contributed by atoms with Crippen LogP contribution in [0.4, 0.5) is 4.79 Å². The Morgan fingerprint density at radius 3 is 2.93 bits per heavy atom. The molecule has 0 atom stereocenters. The highest BCUT2D eigenvalue weighted by atomic mass is 16.6. The van der Waals surface area contributed by atoms with E-state index in [0.717, 1.165) is 0 Å². The zero-order valence-electron chi connectivity index (χ0n) is 8.19. The summed E-state index contributed by atoms with van der Waals surface area (Å²) in [7, 11) is 1.52. The molecule has 0 spiro atoms. The standard InChI is InChI=1S/C10H10N2O3/c1-14-8-3-2-4-9(7-8)15-10(13)12-6-5-11/h2-4,7H,6H2,1H3,(H,12,13).